The number of amides is 1. The first-order valence-corrected chi connectivity index (χ1v) is 17.5. The fourth-order valence-corrected chi connectivity index (χ4v) is 8.09. The van der Waals surface area contributed by atoms with Crippen LogP contribution in [0.5, 0.6) is 11.5 Å². The highest BCUT2D eigenvalue weighted by Gasteiger charge is 2.67. The lowest BCUT2D eigenvalue weighted by molar-refractivity contribution is -0.199. The molecular weight excluding hydrogens is 617 g/mol. The van der Waals surface area contributed by atoms with Crippen molar-refractivity contribution in [3.8, 4) is 11.5 Å². The molecule has 5 atom stereocenters. The molecule has 0 radical (unpaired) electrons. The van der Waals surface area contributed by atoms with E-state index in [2.05, 4.69) is 20.8 Å². The largest absolute Gasteiger partial charge is 0.514 e. The lowest BCUT2D eigenvalue weighted by Gasteiger charge is -2.64. The van der Waals surface area contributed by atoms with Gasteiger partial charge in [0.15, 0.2) is 5.75 Å². The number of benzene rings is 1. The van der Waals surface area contributed by atoms with Crippen LogP contribution in [0.1, 0.15) is 104 Å². The van der Waals surface area contributed by atoms with E-state index in [0.717, 1.165) is 19.3 Å². The maximum Gasteiger partial charge on any atom is 0.514 e. The van der Waals surface area contributed by atoms with Gasteiger partial charge in [0.2, 0.25) is 0 Å². The molecule has 11 nitrogen and oxygen atoms in total. The Labute approximate surface area is 284 Å². The van der Waals surface area contributed by atoms with Gasteiger partial charge in [-0.2, -0.15) is 0 Å². The van der Waals surface area contributed by atoms with Crippen molar-refractivity contribution >= 4 is 25.2 Å². The first-order valence-electron chi connectivity index (χ1n) is 17.5. The van der Waals surface area contributed by atoms with Crippen LogP contribution in [0.15, 0.2) is 12.1 Å². The Balaban J connectivity index is 1.25. The van der Waals surface area contributed by atoms with Gasteiger partial charge in [-0.3, -0.25) is 4.79 Å². The number of rotatable bonds is 8. The lowest BCUT2D eigenvalue weighted by atomic mass is 9.43. The Kier molecular flexibility index (Phi) is 9.12. The van der Waals surface area contributed by atoms with E-state index in [4.69, 9.17) is 33.0 Å². The quantitative estimate of drug-likeness (QED) is 0.185. The molecule has 0 unspecified atom stereocenters. The summed E-state index contributed by atoms with van der Waals surface area (Å²) in [7, 11) is -0.437. The molecule has 6 fully saturated rings. The van der Waals surface area contributed by atoms with E-state index in [1.165, 1.54) is 0 Å². The highest BCUT2D eigenvalue weighted by atomic mass is 16.7. The number of carbonyl (C=O) groups excluding carboxylic acids is 3. The summed E-state index contributed by atoms with van der Waals surface area (Å²) in [4.78, 5) is 41.5. The molecule has 12 heteroatoms. The van der Waals surface area contributed by atoms with Gasteiger partial charge in [-0.1, -0.05) is 19.9 Å². The summed E-state index contributed by atoms with van der Waals surface area (Å²) in [5.41, 5.74) is -1.19. The van der Waals surface area contributed by atoms with Gasteiger partial charge >= 0.3 is 19.2 Å². The second-order valence-electron chi connectivity index (χ2n) is 16.9. The first-order chi connectivity index (χ1) is 22.3. The fraction of sp³-hybridized carbons (Fsp3) is 0.750. The minimum atomic E-state index is -0.948. The Bertz CT molecular complexity index is 1420. The molecule has 0 spiro atoms. The van der Waals surface area contributed by atoms with E-state index in [1.807, 2.05) is 0 Å². The average Bonchev–Trinajstić information content (AvgIpc) is 3.59. The van der Waals surface area contributed by atoms with E-state index < -0.39 is 36.5 Å². The van der Waals surface area contributed by atoms with E-state index in [9.17, 15) is 14.4 Å². The Morgan fingerprint density at radius 3 is 2.33 bits per heavy atom. The SMILES string of the molecule is CC(C)(C)OC(=O)Oc1c(CCB2O[C@@H]3C[C@@H]4C[C@@H](C4(C)C)[C@]3(C)O2)ccc(OC2CN(C(=O)[C@@H]3CCCO3)C2)c1C(=O)OC(C)(C)C. The summed E-state index contributed by atoms with van der Waals surface area (Å²) in [6.45, 7) is 18.7. The van der Waals surface area contributed by atoms with Gasteiger partial charge in [-0.25, -0.2) is 9.59 Å². The fourth-order valence-electron chi connectivity index (χ4n) is 8.09. The monoisotopic (exact) mass is 669 g/mol. The van der Waals surface area contributed by atoms with Gasteiger partial charge in [0.05, 0.1) is 24.8 Å². The minimum absolute atomic E-state index is 0.00588. The molecule has 3 heterocycles. The van der Waals surface area contributed by atoms with Crippen molar-refractivity contribution in [1.29, 1.82) is 0 Å². The van der Waals surface area contributed by atoms with Crippen LogP contribution in [0, 0.1) is 17.3 Å². The molecule has 48 heavy (non-hydrogen) atoms. The highest BCUT2D eigenvalue weighted by molar-refractivity contribution is 6.45. The van der Waals surface area contributed by atoms with E-state index in [1.54, 1.807) is 58.6 Å². The molecule has 1 amide bonds. The Morgan fingerprint density at radius 1 is 1.00 bits per heavy atom. The number of esters is 1. The van der Waals surface area contributed by atoms with Gasteiger partial charge in [0, 0.05) is 6.61 Å². The third-order valence-corrected chi connectivity index (χ3v) is 10.7. The summed E-state index contributed by atoms with van der Waals surface area (Å²) in [6, 6.07) is 3.50. The van der Waals surface area contributed by atoms with E-state index in [0.29, 0.717) is 56.3 Å². The van der Waals surface area contributed by atoms with Crippen molar-refractivity contribution < 1.29 is 47.4 Å². The van der Waals surface area contributed by atoms with Crippen molar-refractivity contribution in [3.63, 3.8) is 0 Å². The summed E-state index contributed by atoms with van der Waals surface area (Å²) < 4.78 is 42.2. The molecule has 1 aromatic rings. The number of carbonyl (C=O) groups is 3. The second kappa shape index (κ2) is 12.5. The van der Waals surface area contributed by atoms with Crippen LogP contribution >= 0.6 is 0 Å². The zero-order valence-corrected chi connectivity index (χ0v) is 30.0. The van der Waals surface area contributed by atoms with Gasteiger partial charge < -0.3 is 37.9 Å². The third kappa shape index (κ3) is 6.94. The highest BCUT2D eigenvalue weighted by Crippen LogP contribution is 2.65. The maximum atomic E-state index is 13.9. The topological polar surface area (TPSA) is 119 Å². The zero-order chi connectivity index (χ0) is 34.8. The summed E-state index contributed by atoms with van der Waals surface area (Å²) in [6.07, 6.45) is 2.93. The van der Waals surface area contributed by atoms with Crippen molar-refractivity contribution in [2.75, 3.05) is 19.7 Å². The van der Waals surface area contributed by atoms with Crippen LogP contribution in [0.2, 0.25) is 6.32 Å². The number of ether oxygens (including phenoxy) is 5. The molecule has 3 saturated heterocycles. The van der Waals surface area contributed by atoms with Crippen molar-refractivity contribution in [2.45, 2.75) is 136 Å². The molecule has 6 aliphatic rings. The number of likely N-dealkylation sites (tertiary alicyclic amines) is 1. The van der Waals surface area contributed by atoms with Crippen LogP contribution in [0.3, 0.4) is 0 Å². The van der Waals surface area contributed by atoms with E-state index >= 15 is 0 Å². The predicted octanol–water partition coefficient (Wildman–Crippen LogP) is 6.00. The van der Waals surface area contributed by atoms with Crippen LogP contribution in [0.4, 0.5) is 4.79 Å². The lowest BCUT2D eigenvalue weighted by Crippen LogP contribution is -2.65. The molecule has 0 N–H and O–H groups in total. The van der Waals surface area contributed by atoms with Gasteiger partial charge in [0.25, 0.3) is 5.91 Å². The van der Waals surface area contributed by atoms with Crippen molar-refractivity contribution in [2.24, 2.45) is 17.3 Å². The molecule has 0 aromatic heterocycles. The predicted molar refractivity (Wildman–Crippen MR) is 177 cm³/mol. The summed E-state index contributed by atoms with van der Waals surface area (Å²) in [5.74, 6) is 0.552. The van der Waals surface area contributed by atoms with Crippen LogP contribution < -0.4 is 9.47 Å². The maximum absolute atomic E-state index is 13.9. The minimum Gasteiger partial charge on any atom is -0.486 e. The molecule has 3 aliphatic carbocycles. The van der Waals surface area contributed by atoms with Gasteiger partial charge in [-0.05, 0) is 116 Å². The average molecular weight is 670 g/mol. The Hall–Kier alpha value is -2.83. The molecule has 7 rings (SSSR count). The molecule has 3 saturated carbocycles. The van der Waals surface area contributed by atoms with E-state index in [-0.39, 0.29) is 46.2 Å². The Morgan fingerprint density at radius 2 is 1.71 bits per heavy atom. The molecule has 3 aliphatic heterocycles. The van der Waals surface area contributed by atoms with Crippen molar-refractivity contribution in [1.82, 2.24) is 4.90 Å². The molecular formula is C36H52BNO10. The van der Waals surface area contributed by atoms with Gasteiger partial charge in [-0.15, -0.1) is 0 Å². The standard InChI is InChI=1S/C36H52BNO10/c1-33(2,3)45-31(40)28-24(43-23-19-38(20-23)30(39)25-11-10-16-42-25)13-12-21(29(28)44-32(41)46-34(4,5)6)14-15-37-47-27-18-22-17-26(35(22,7)8)36(27,9)48-37/h12-13,22-23,25-27H,10-11,14-20H2,1-9H3/t22-,25-,26-,27+,36-/m0/s1. The zero-order valence-electron chi connectivity index (χ0n) is 30.0. The number of hydrogen-bond acceptors (Lipinski definition) is 10. The second-order valence-corrected chi connectivity index (χ2v) is 16.9. The summed E-state index contributed by atoms with van der Waals surface area (Å²) >= 11 is 0. The number of hydrogen-bond donors (Lipinski definition) is 0. The molecule has 1 aromatic carbocycles. The normalized spacial score (nSPS) is 29.4. The third-order valence-electron chi connectivity index (χ3n) is 10.7. The van der Waals surface area contributed by atoms with Crippen LogP contribution in [-0.4, -0.2) is 84.9 Å². The number of nitrogens with zero attached hydrogens (tertiary/aromatic N) is 1. The van der Waals surface area contributed by atoms with Crippen LogP contribution in [-0.2, 0) is 34.7 Å². The first kappa shape index (κ1) is 35.0. The molecule has 264 valence electrons. The smallest absolute Gasteiger partial charge is 0.486 e. The van der Waals surface area contributed by atoms with Crippen LogP contribution in [0.25, 0.3) is 0 Å². The molecule has 2 bridgehead atoms. The number of aryl methyl sites for hydroxylation is 1. The van der Waals surface area contributed by atoms with Gasteiger partial charge in [0.1, 0.15) is 34.7 Å². The summed E-state index contributed by atoms with van der Waals surface area (Å²) in [5, 5.41) is 0. The van der Waals surface area contributed by atoms with Crippen molar-refractivity contribution in [3.05, 3.63) is 23.3 Å².